The molecular weight excluding hydrogens is 426 g/mol. The van der Waals surface area contributed by atoms with E-state index in [1.54, 1.807) is 29.2 Å². The molecule has 2 aliphatic heterocycles. The summed E-state index contributed by atoms with van der Waals surface area (Å²) in [6.45, 7) is 2.61. The van der Waals surface area contributed by atoms with Gasteiger partial charge in [-0.3, -0.25) is 14.5 Å². The van der Waals surface area contributed by atoms with Gasteiger partial charge in [0, 0.05) is 42.2 Å². The number of hydrogen-bond donors (Lipinski definition) is 1. The zero-order valence-corrected chi connectivity index (χ0v) is 19.1. The number of nitrogens with zero attached hydrogens (tertiary/aromatic N) is 2. The van der Waals surface area contributed by atoms with Crippen molar-refractivity contribution in [1.82, 2.24) is 4.90 Å². The third-order valence-electron chi connectivity index (χ3n) is 6.16. The van der Waals surface area contributed by atoms with Crippen LogP contribution in [0.1, 0.15) is 38.3 Å². The first kappa shape index (κ1) is 21.5. The monoisotopic (exact) mass is 451 g/mol. The Bertz CT molecular complexity index is 1340. The molecule has 0 unspecified atom stereocenters. The van der Waals surface area contributed by atoms with Crippen molar-refractivity contribution >= 4 is 23.2 Å². The molecule has 6 heteroatoms. The number of rotatable bonds is 4. The van der Waals surface area contributed by atoms with E-state index in [2.05, 4.69) is 22.5 Å². The van der Waals surface area contributed by atoms with E-state index in [1.807, 2.05) is 55.6 Å². The van der Waals surface area contributed by atoms with Crippen molar-refractivity contribution in [1.29, 1.82) is 0 Å². The van der Waals surface area contributed by atoms with Crippen LogP contribution in [0.4, 0.5) is 11.4 Å². The zero-order valence-electron chi connectivity index (χ0n) is 19.1. The minimum absolute atomic E-state index is 0.163. The molecule has 34 heavy (non-hydrogen) atoms. The average Bonchev–Trinajstić information content (AvgIpc) is 3.23. The number of nitrogens with one attached hydrogen (secondary N) is 1. The van der Waals surface area contributed by atoms with E-state index in [0.717, 1.165) is 35.5 Å². The van der Waals surface area contributed by atoms with Crippen LogP contribution in [0.3, 0.4) is 0 Å². The first-order chi connectivity index (χ1) is 16.5. The molecular formula is C28H25N3O3. The number of para-hydroxylation sites is 1. The summed E-state index contributed by atoms with van der Waals surface area (Å²) >= 11 is 0. The Balaban J connectivity index is 1.46. The molecule has 1 N–H and O–H groups in total. The fourth-order valence-electron chi connectivity index (χ4n) is 4.33. The van der Waals surface area contributed by atoms with Crippen LogP contribution in [0.25, 0.3) is 0 Å². The highest BCUT2D eigenvalue weighted by Crippen LogP contribution is 2.34. The normalized spacial score (nSPS) is 14.1. The first-order valence-electron chi connectivity index (χ1n) is 11.2. The van der Waals surface area contributed by atoms with Gasteiger partial charge in [0.1, 0.15) is 5.75 Å². The van der Waals surface area contributed by atoms with E-state index in [-0.39, 0.29) is 11.8 Å². The lowest BCUT2D eigenvalue weighted by Gasteiger charge is -2.21. The van der Waals surface area contributed by atoms with Crippen LogP contribution in [0.15, 0.2) is 90.9 Å². The minimum Gasteiger partial charge on any atom is -0.495 e. The van der Waals surface area contributed by atoms with Gasteiger partial charge in [0.25, 0.3) is 11.8 Å². The number of allylic oxidation sites excluding steroid dienone is 1. The van der Waals surface area contributed by atoms with Gasteiger partial charge in [-0.2, -0.15) is 0 Å². The van der Waals surface area contributed by atoms with Gasteiger partial charge in [-0.05, 0) is 48.4 Å². The van der Waals surface area contributed by atoms with Gasteiger partial charge >= 0.3 is 0 Å². The van der Waals surface area contributed by atoms with E-state index >= 15 is 0 Å². The molecule has 3 aromatic rings. The largest absolute Gasteiger partial charge is 0.495 e. The maximum Gasteiger partial charge on any atom is 0.262 e. The number of methoxy groups -OCH3 is 1. The SMILES string of the molecule is COc1cc(C(=O)N2C=C3CC=CN3Cc3ccccc32)ccc1NC(=O)c1ccccc1C. The first-order valence-corrected chi connectivity index (χ1v) is 11.2. The highest BCUT2D eigenvalue weighted by molar-refractivity contribution is 6.09. The van der Waals surface area contributed by atoms with Crippen molar-refractivity contribution < 1.29 is 14.3 Å². The number of hydrogen-bond acceptors (Lipinski definition) is 4. The van der Waals surface area contributed by atoms with Crippen molar-refractivity contribution in [2.45, 2.75) is 19.9 Å². The van der Waals surface area contributed by atoms with E-state index in [0.29, 0.717) is 22.6 Å². The van der Waals surface area contributed by atoms with Crippen molar-refractivity contribution in [2.24, 2.45) is 0 Å². The summed E-state index contributed by atoms with van der Waals surface area (Å²) in [5.41, 5.74) is 5.45. The molecule has 0 fully saturated rings. The zero-order chi connectivity index (χ0) is 23.7. The van der Waals surface area contributed by atoms with E-state index in [1.165, 1.54) is 7.11 Å². The Morgan fingerprint density at radius 2 is 1.79 bits per heavy atom. The topological polar surface area (TPSA) is 61.9 Å². The molecule has 5 rings (SSSR count). The van der Waals surface area contributed by atoms with Crippen LogP contribution in [0.2, 0.25) is 0 Å². The second-order valence-electron chi connectivity index (χ2n) is 8.33. The summed E-state index contributed by atoms with van der Waals surface area (Å²) in [4.78, 5) is 30.3. The highest BCUT2D eigenvalue weighted by Gasteiger charge is 2.26. The van der Waals surface area contributed by atoms with Gasteiger partial charge in [-0.15, -0.1) is 0 Å². The molecule has 0 aromatic heterocycles. The van der Waals surface area contributed by atoms with Crippen LogP contribution >= 0.6 is 0 Å². The minimum atomic E-state index is -0.226. The summed E-state index contributed by atoms with van der Waals surface area (Å²) in [7, 11) is 1.53. The molecule has 0 radical (unpaired) electrons. The highest BCUT2D eigenvalue weighted by atomic mass is 16.5. The second-order valence-corrected chi connectivity index (χ2v) is 8.33. The maximum atomic E-state index is 13.7. The Hall–Kier alpha value is -4.32. The number of anilines is 2. The lowest BCUT2D eigenvalue weighted by Crippen LogP contribution is -2.26. The van der Waals surface area contributed by atoms with Crippen molar-refractivity contribution in [2.75, 3.05) is 17.3 Å². The van der Waals surface area contributed by atoms with Gasteiger partial charge in [-0.25, -0.2) is 0 Å². The molecule has 170 valence electrons. The quantitative estimate of drug-likeness (QED) is 0.571. The van der Waals surface area contributed by atoms with Crippen LogP contribution < -0.4 is 15.0 Å². The molecule has 2 heterocycles. The molecule has 2 amide bonds. The number of aryl methyl sites for hydroxylation is 1. The van der Waals surface area contributed by atoms with Gasteiger partial charge in [0.15, 0.2) is 0 Å². The molecule has 0 spiro atoms. The molecule has 0 aliphatic carbocycles. The van der Waals surface area contributed by atoms with Gasteiger partial charge in [-0.1, -0.05) is 42.5 Å². The molecule has 2 aliphatic rings. The Kier molecular flexibility index (Phi) is 5.64. The number of carbonyl (C=O) groups is 2. The van der Waals surface area contributed by atoms with E-state index < -0.39 is 0 Å². The smallest absolute Gasteiger partial charge is 0.262 e. The lowest BCUT2D eigenvalue weighted by atomic mass is 10.1. The maximum absolute atomic E-state index is 13.7. The Morgan fingerprint density at radius 1 is 1.00 bits per heavy atom. The summed E-state index contributed by atoms with van der Waals surface area (Å²) in [6, 6.07) is 20.4. The Labute approximate surface area is 198 Å². The standard InChI is InChI=1S/C28H25N3O3/c1-19-8-3-5-11-23(19)27(32)29-24-14-13-20(16-26(24)34-2)28(33)31-18-22-10-7-15-30(22)17-21-9-4-6-12-25(21)31/h3-9,11-16,18H,10,17H2,1-2H3,(H,29,32). The molecule has 0 atom stereocenters. The van der Waals surface area contributed by atoms with Gasteiger partial charge in [0.2, 0.25) is 0 Å². The predicted octanol–water partition coefficient (Wildman–Crippen LogP) is 5.48. The van der Waals surface area contributed by atoms with Gasteiger partial charge in [0.05, 0.1) is 18.5 Å². The fraction of sp³-hybridized carbons (Fsp3) is 0.143. The van der Waals surface area contributed by atoms with Crippen molar-refractivity contribution in [3.8, 4) is 5.75 Å². The third-order valence-corrected chi connectivity index (χ3v) is 6.16. The Morgan fingerprint density at radius 3 is 2.62 bits per heavy atom. The lowest BCUT2D eigenvalue weighted by molar-refractivity contribution is 0.0995. The third kappa shape index (κ3) is 3.94. The second kappa shape index (κ2) is 8.90. The van der Waals surface area contributed by atoms with Crippen molar-refractivity contribution in [3.05, 3.63) is 113 Å². The van der Waals surface area contributed by atoms with Crippen LogP contribution in [0.5, 0.6) is 5.75 Å². The number of carbonyl (C=O) groups excluding carboxylic acids is 2. The molecule has 3 aromatic carbocycles. The van der Waals surface area contributed by atoms with Crippen molar-refractivity contribution in [3.63, 3.8) is 0 Å². The van der Waals surface area contributed by atoms with E-state index in [4.69, 9.17) is 4.74 Å². The van der Waals surface area contributed by atoms with Crippen LogP contribution in [0, 0.1) is 6.92 Å². The average molecular weight is 452 g/mol. The molecule has 0 saturated heterocycles. The molecule has 0 saturated carbocycles. The number of amides is 2. The van der Waals surface area contributed by atoms with Gasteiger partial charge < -0.3 is 15.0 Å². The van der Waals surface area contributed by atoms with E-state index in [9.17, 15) is 9.59 Å². The van der Waals surface area contributed by atoms with Crippen LogP contribution in [-0.4, -0.2) is 23.8 Å². The fourth-order valence-corrected chi connectivity index (χ4v) is 4.33. The summed E-state index contributed by atoms with van der Waals surface area (Å²) in [5, 5.41) is 2.90. The number of fused-ring (bicyclic) bond motifs is 2. The summed E-state index contributed by atoms with van der Waals surface area (Å²) < 4.78 is 5.53. The molecule has 0 bridgehead atoms. The number of benzene rings is 3. The summed E-state index contributed by atoms with van der Waals surface area (Å²) in [6.07, 6.45) is 6.85. The predicted molar refractivity (Wildman–Crippen MR) is 133 cm³/mol. The van der Waals surface area contributed by atoms with Crippen LogP contribution in [-0.2, 0) is 6.54 Å². The number of ether oxygens (including phenoxy) is 1. The molecule has 6 nitrogen and oxygen atoms in total. The summed E-state index contributed by atoms with van der Waals surface area (Å²) in [5.74, 6) is 0.0342.